The highest BCUT2D eigenvalue weighted by molar-refractivity contribution is 5.92. The van der Waals surface area contributed by atoms with Crippen LogP contribution >= 0.6 is 0 Å². The summed E-state index contributed by atoms with van der Waals surface area (Å²) in [6.45, 7) is 2.57. The first kappa shape index (κ1) is 14.8. The summed E-state index contributed by atoms with van der Waals surface area (Å²) in [5.74, 6) is -1.56. The number of benzene rings is 1. The van der Waals surface area contributed by atoms with Crippen molar-refractivity contribution in [2.45, 2.75) is 6.92 Å². The molecule has 1 aromatic carbocycles. The predicted molar refractivity (Wildman–Crippen MR) is 77.1 cm³/mol. The van der Waals surface area contributed by atoms with Gasteiger partial charge in [0.05, 0.1) is 17.6 Å². The zero-order valence-electron chi connectivity index (χ0n) is 11.7. The third-order valence-corrected chi connectivity index (χ3v) is 3.70. The lowest BCUT2D eigenvalue weighted by molar-refractivity contribution is -0.142. The summed E-state index contributed by atoms with van der Waals surface area (Å²) in [7, 11) is 0. The van der Waals surface area contributed by atoms with Crippen LogP contribution in [0.3, 0.4) is 0 Å². The van der Waals surface area contributed by atoms with E-state index in [1.165, 1.54) is 6.08 Å². The molecular weight excluding hydrogens is 268 g/mol. The molecule has 21 heavy (non-hydrogen) atoms. The summed E-state index contributed by atoms with van der Waals surface area (Å²) in [6.07, 6.45) is 3.11. The van der Waals surface area contributed by atoms with Crippen LogP contribution in [0, 0.1) is 23.2 Å². The molecule has 1 aliphatic heterocycles. The van der Waals surface area contributed by atoms with Gasteiger partial charge in [-0.05, 0) is 29.7 Å². The van der Waals surface area contributed by atoms with Gasteiger partial charge in [0.1, 0.15) is 0 Å². The van der Waals surface area contributed by atoms with Crippen molar-refractivity contribution >= 4 is 18.0 Å². The number of rotatable bonds is 3. The average Bonchev–Trinajstić information content (AvgIpc) is 2.87. The van der Waals surface area contributed by atoms with E-state index in [1.54, 1.807) is 35.2 Å². The van der Waals surface area contributed by atoms with E-state index < -0.39 is 11.9 Å². The van der Waals surface area contributed by atoms with Crippen LogP contribution < -0.4 is 0 Å². The Morgan fingerprint density at radius 1 is 1.33 bits per heavy atom. The van der Waals surface area contributed by atoms with Crippen LogP contribution in [0.4, 0.5) is 0 Å². The van der Waals surface area contributed by atoms with E-state index >= 15 is 0 Å². The first-order valence-corrected chi connectivity index (χ1v) is 6.71. The first-order valence-electron chi connectivity index (χ1n) is 6.71. The maximum Gasteiger partial charge on any atom is 0.308 e. The highest BCUT2D eigenvalue weighted by Crippen LogP contribution is 2.23. The third kappa shape index (κ3) is 3.48. The summed E-state index contributed by atoms with van der Waals surface area (Å²) in [4.78, 5) is 24.6. The second-order valence-electron chi connectivity index (χ2n) is 5.23. The summed E-state index contributed by atoms with van der Waals surface area (Å²) in [5, 5.41) is 17.8. The van der Waals surface area contributed by atoms with Crippen molar-refractivity contribution in [1.82, 2.24) is 4.90 Å². The van der Waals surface area contributed by atoms with Gasteiger partial charge >= 0.3 is 5.97 Å². The highest BCUT2D eigenvalue weighted by atomic mass is 16.4. The largest absolute Gasteiger partial charge is 0.481 e. The van der Waals surface area contributed by atoms with Crippen LogP contribution in [-0.4, -0.2) is 35.0 Å². The highest BCUT2D eigenvalue weighted by Gasteiger charge is 2.36. The Morgan fingerprint density at radius 2 is 2.00 bits per heavy atom. The smallest absolute Gasteiger partial charge is 0.308 e. The van der Waals surface area contributed by atoms with Gasteiger partial charge in [-0.3, -0.25) is 9.59 Å². The number of aliphatic carboxylic acids is 1. The lowest BCUT2D eigenvalue weighted by Crippen LogP contribution is -2.28. The Morgan fingerprint density at radius 3 is 2.52 bits per heavy atom. The normalized spacial score (nSPS) is 21.4. The molecule has 1 aliphatic rings. The zero-order valence-corrected chi connectivity index (χ0v) is 11.7. The molecule has 0 unspecified atom stereocenters. The number of hydrogen-bond acceptors (Lipinski definition) is 3. The van der Waals surface area contributed by atoms with Crippen molar-refractivity contribution in [1.29, 1.82) is 5.26 Å². The minimum atomic E-state index is -0.853. The van der Waals surface area contributed by atoms with Gasteiger partial charge in [0.15, 0.2) is 0 Å². The molecule has 0 bridgehead atoms. The fraction of sp³-hybridized carbons (Fsp3) is 0.312. The maximum absolute atomic E-state index is 12.0. The van der Waals surface area contributed by atoms with E-state index in [0.29, 0.717) is 12.1 Å². The molecule has 0 aliphatic carbocycles. The van der Waals surface area contributed by atoms with Gasteiger partial charge in [-0.25, -0.2) is 0 Å². The molecule has 1 aromatic rings. The van der Waals surface area contributed by atoms with E-state index in [2.05, 4.69) is 0 Å². The molecule has 0 spiro atoms. The van der Waals surface area contributed by atoms with Gasteiger partial charge in [-0.15, -0.1) is 0 Å². The van der Waals surface area contributed by atoms with E-state index in [0.717, 1.165) is 5.56 Å². The lowest BCUT2D eigenvalue weighted by Gasteiger charge is -2.12. The van der Waals surface area contributed by atoms with Gasteiger partial charge in [0.25, 0.3) is 0 Å². The van der Waals surface area contributed by atoms with Gasteiger partial charge in [-0.1, -0.05) is 19.1 Å². The lowest BCUT2D eigenvalue weighted by atomic mass is 9.99. The molecule has 2 atom stereocenters. The Kier molecular flexibility index (Phi) is 4.39. The molecular formula is C16H16N2O3. The molecule has 1 fully saturated rings. The van der Waals surface area contributed by atoms with Gasteiger partial charge in [-0.2, -0.15) is 5.26 Å². The molecule has 1 heterocycles. The number of carboxylic acids is 1. The van der Waals surface area contributed by atoms with Crippen LogP contribution in [0.25, 0.3) is 6.08 Å². The predicted octanol–water partition coefficient (Wildman–Crippen LogP) is 1.75. The Hall–Kier alpha value is -2.61. The van der Waals surface area contributed by atoms with Crippen LogP contribution in [0.5, 0.6) is 0 Å². The molecule has 0 saturated carbocycles. The van der Waals surface area contributed by atoms with Crippen LogP contribution in [0.15, 0.2) is 30.3 Å². The standard InChI is InChI=1S/C16H16N2O3/c1-11-9-18(10-14(11)16(20)21)15(19)7-6-12-2-4-13(8-17)5-3-12/h2-7,11,14H,9-10H2,1H3,(H,20,21)/b7-6+/t11-,14-/m1/s1. The summed E-state index contributed by atoms with van der Waals surface area (Å²) in [5.41, 5.74) is 1.39. The molecule has 108 valence electrons. The van der Waals surface area contributed by atoms with E-state index in [-0.39, 0.29) is 18.4 Å². The van der Waals surface area contributed by atoms with Crippen molar-refractivity contribution in [3.05, 3.63) is 41.5 Å². The number of nitriles is 1. The number of hydrogen-bond donors (Lipinski definition) is 1. The fourth-order valence-corrected chi connectivity index (χ4v) is 2.41. The van der Waals surface area contributed by atoms with Crippen molar-refractivity contribution in [3.8, 4) is 6.07 Å². The Balaban J connectivity index is 2.00. The number of carboxylic acid groups (broad SMARTS) is 1. The fourth-order valence-electron chi connectivity index (χ4n) is 2.41. The summed E-state index contributed by atoms with van der Waals surface area (Å²) < 4.78 is 0. The second-order valence-corrected chi connectivity index (χ2v) is 5.23. The van der Waals surface area contributed by atoms with E-state index in [1.807, 2.05) is 13.0 Å². The van der Waals surface area contributed by atoms with Crippen molar-refractivity contribution in [3.63, 3.8) is 0 Å². The van der Waals surface area contributed by atoms with Gasteiger partial charge < -0.3 is 10.0 Å². The quantitative estimate of drug-likeness (QED) is 0.857. The molecule has 5 heteroatoms. The molecule has 1 saturated heterocycles. The molecule has 2 rings (SSSR count). The van der Waals surface area contributed by atoms with Gasteiger partial charge in [0, 0.05) is 19.2 Å². The first-order chi connectivity index (χ1) is 10.0. The molecule has 0 radical (unpaired) electrons. The molecule has 5 nitrogen and oxygen atoms in total. The number of amides is 1. The average molecular weight is 284 g/mol. The Labute approximate surface area is 123 Å². The minimum Gasteiger partial charge on any atom is -0.481 e. The van der Waals surface area contributed by atoms with Crippen molar-refractivity contribution in [2.24, 2.45) is 11.8 Å². The molecule has 0 aromatic heterocycles. The SMILES string of the molecule is C[C@@H]1CN(C(=O)/C=C/c2ccc(C#N)cc2)C[C@H]1C(=O)O. The Bertz CT molecular complexity index is 613. The van der Waals surface area contributed by atoms with Crippen LogP contribution in [0.2, 0.25) is 0 Å². The van der Waals surface area contributed by atoms with Crippen LogP contribution in [-0.2, 0) is 9.59 Å². The van der Waals surface area contributed by atoms with E-state index in [9.17, 15) is 9.59 Å². The number of nitrogens with zero attached hydrogens (tertiary/aromatic N) is 2. The number of carbonyl (C=O) groups excluding carboxylic acids is 1. The van der Waals surface area contributed by atoms with E-state index in [4.69, 9.17) is 10.4 Å². The summed E-state index contributed by atoms with van der Waals surface area (Å²) in [6, 6.07) is 8.91. The third-order valence-electron chi connectivity index (χ3n) is 3.70. The monoisotopic (exact) mass is 284 g/mol. The minimum absolute atomic E-state index is 0.0326. The topological polar surface area (TPSA) is 81.4 Å². The maximum atomic E-state index is 12.0. The number of likely N-dealkylation sites (tertiary alicyclic amines) is 1. The second kappa shape index (κ2) is 6.23. The molecule has 1 N–H and O–H groups in total. The van der Waals surface area contributed by atoms with Crippen molar-refractivity contribution < 1.29 is 14.7 Å². The zero-order chi connectivity index (χ0) is 15.4. The van der Waals surface area contributed by atoms with Gasteiger partial charge in [0.2, 0.25) is 5.91 Å². The van der Waals surface area contributed by atoms with Crippen LogP contribution in [0.1, 0.15) is 18.1 Å². The number of carbonyl (C=O) groups is 2. The molecule has 1 amide bonds. The van der Waals surface area contributed by atoms with Crippen molar-refractivity contribution in [2.75, 3.05) is 13.1 Å². The summed E-state index contributed by atoms with van der Waals surface area (Å²) >= 11 is 0.